The van der Waals surface area contributed by atoms with Gasteiger partial charge in [0, 0.05) is 25.3 Å². The average molecular weight is 271 g/mol. The molecule has 1 aliphatic rings. The average Bonchev–Trinajstić information content (AvgIpc) is 3.03. The van der Waals surface area contributed by atoms with Crippen molar-refractivity contribution in [1.82, 2.24) is 10.3 Å². The Morgan fingerprint density at radius 1 is 1.25 bits per heavy atom. The normalized spacial score (nSPS) is 18.1. The highest BCUT2D eigenvalue weighted by atomic mass is 16.3. The van der Waals surface area contributed by atoms with Gasteiger partial charge in [-0.05, 0) is 44.0 Å². The third-order valence-electron chi connectivity index (χ3n) is 3.92. The van der Waals surface area contributed by atoms with Gasteiger partial charge in [-0.15, -0.1) is 0 Å². The number of pyridine rings is 1. The van der Waals surface area contributed by atoms with E-state index in [1.54, 1.807) is 6.26 Å². The molecule has 0 bridgehead atoms. The van der Waals surface area contributed by atoms with E-state index < -0.39 is 0 Å². The van der Waals surface area contributed by atoms with Crippen molar-refractivity contribution in [3.8, 4) is 0 Å². The Balaban J connectivity index is 1.51. The zero-order chi connectivity index (χ0) is 13.8. The Kier molecular flexibility index (Phi) is 4.02. The lowest BCUT2D eigenvalue weighted by atomic mass is 10.0. The van der Waals surface area contributed by atoms with Crippen LogP contribution in [-0.4, -0.2) is 24.1 Å². The molecule has 4 heteroatoms. The van der Waals surface area contributed by atoms with Crippen molar-refractivity contribution in [1.29, 1.82) is 0 Å². The summed E-state index contributed by atoms with van der Waals surface area (Å²) in [6, 6.07) is 10.9. The summed E-state index contributed by atoms with van der Waals surface area (Å²) in [5.74, 6) is 2.10. The molecule has 0 aliphatic carbocycles. The van der Waals surface area contributed by atoms with Crippen molar-refractivity contribution in [3.63, 3.8) is 0 Å². The molecule has 1 aliphatic heterocycles. The van der Waals surface area contributed by atoms with Crippen LogP contribution in [0.15, 0.2) is 47.2 Å². The number of hydrogen-bond acceptors (Lipinski definition) is 4. The SMILES string of the molecule is C[C@@H](NC1CCN(c2ccccn2)CC1)c1ccco1. The first-order valence-corrected chi connectivity index (χ1v) is 7.28. The number of hydrogen-bond donors (Lipinski definition) is 1. The third-order valence-corrected chi connectivity index (χ3v) is 3.92. The molecule has 20 heavy (non-hydrogen) atoms. The number of anilines is 1. The van der Waals surface area contributed by atoms with Crippen LogP contribution < -0.4 is 10.2 Å². The van der Waals surface area contributed by atoms with E-state index in [-0.39, 0.29) is 6.04 Å². The quantitative estimate of drug-likeness (QED) is 0.928. The first kappa shape index (κ1) is 13.2. The first-order chi connectivity index (χ1) is 9.83. The van der Waals surface area contributed by atoms with Crippen LogP contribution in [0.2, 0.25) is 0 Å². The third kappa shape index (κ3) is 3.02. The van der Waals surface area contributed by atoms with Gasteiger partial charge in [-0.1, -0.05) is 6.07 Å². The zero-order valence-corrected chi connectivity index (χ0v) is 11.8. The number of nitrogens with zero attached hydrogens (tertiary/aromatic N) is 2. The number of furan rings is 1. The fourth-order valence-corrected chi connectivity index (χ4v) is 2.79. The summed E-state index contributed by atoms with van der Waals surface area (Å²) in [6.07, 6.45) is 5.87. The van der Waals surface area contributed by atoms with Gasteiger partial charge in [-0.25, -0.2) is 4.98 Å². The van der Waals surface area contributed by atoms with Gasteiger partial charge in [-0.3, -0.25) is 0 Å². The van der Waals surface area contributed by atoms with Crippen LogP contribution in [0.1, 0.15) is 31.6 Å². The molecular formula is C16H21N3O. The van der Waals surface area contributed by atoms with Gasteiger partial charge < -0.3 is 14.6 Å². The highest BCUT2D eigenvalue weighted by Gasteiger charge is 2.22. The molecule has 2 aromatic heterocycles. The van der Waals surface area contributed by atoms with Gasteiger partial charge >= 0.3 is 0 Å². The van der Waals surface area contributed by atoms with E-state index in [9.17, 15) is 0 Å². The Labute approximate surface area is 119 Å². The summed E-state index contributed by atoms with van der Waals surface area (Å²) >= 11 is 0. The molecular weight excluding hydrogens is 250 g/mol. The van der Waals surface area contributed by atoms with Crippen LogP contribution in [0, 0.1) is 0 Å². The lowest BCUT2D eigenvalue weighted by Crippen LogP contribution is -2.43. The Hall–Kier alpha value is -1.81. The molecule has 2 aromatic rings. The zero-order valence-electron chi connectivity index (χ0n) is 11.8. The van der Waals surface area contributed by atoms with Crippen molar-refractivity contribution in [2.24, 2.45) is 0 Å². The second-order valence-electron chi connectivity index (χ2n) is 5.35. The van der Waals surface area contributed by atoms with Gasteiger partial charge in [0.15, 0.2) is 0 Å². The van der Waals surface area contributed by atoms with Crippen molar-refractivity contribution < 1.29 is 4.42 Å². The maximum absolute atomic E-state index is 5.44. The molecule has 1 N–H and O–H groups in total. The van der Waals surface area contributed by atoms with Gasteiger partial charge in [0.2, 0.25) is 0 Å². The molecule has 0 unspecified atom stereocenters. The fourth-order valence-electron chi connectivity index (χ4n) is 2.79. The maximum Gasteiger partial charge on any atom is 0.128 e. The highest BCUT2D eigenvalue weighted by Crippen LogP contribution is 2.20. The van der Waals surface area contributed by atoms with E-state index in [2.05, 4.69) is 28.2 Å². The van der Waals surface area contributed by atoms with Gasteiger partial charge in [0.05, 0.1) is 12.3 Å². The van der Waals surface area contributed by atoms with Gasteiger partial charge in [0.1, 0.15) is 11.6 Å². The standard InChI is InChI=1S/C16H21N3O/c1-13(15-5-4-12-20-15)18-14-7-10-19(11-8-14)16-6-2-3-9-17-16/h2-6,9,12-14,18H,7-8,10-11H2,1H3/t13-/m1/s1. The van der Waals surface area contributed by atoms with E-state index in [1.165, 1.54) is 0 Å². The van der Waals surface area contributed by atoms with Gasteiger partial charge in [-0.2, -0.15) is 0 Å². The van der Waals surface area contributed by atoms with Crippen LogP contribution in [0.3, 0.4) is 0 Å². The van der Waals surface area contributed by atoms with Crippen LogP contribution in [0.4, 0.5) is 5.82 Å². The Bertz CT molecular complexity index is 504. The van der Waals surface area contributed by atoms with Crippen LogP contribution in [-0.2, 0) is 0 Å². The molecule has 1 saturated heterocycles. The molecule has 3 heterocycles. The van der Waals surface area contributed by atoms with Gasteiger partial charge in [0.25, 0.3) is 0 Å². The number of aromatic nitrogens is 1. The summed E-state index contributed by atoms with van der Waals surface area (Å²) in [4.78, 5) is 6.78. The van der Waals surface area contributed by atoms with Crippen molar-refractivity contribution in [3.05, 3.63) is 48.6 Å². The van der Waals surface area contributed by atoms with E-state index >= 15 is 0 Å². The fraction of sp³-hybridized carbons (Fsp3) is 0.438. The highest BCUT2D eigenvalue weighted by molar-refractivity contribution is 5.38. The second kappa shape index (κ2) is 6.09. The Morgan fingerprint density at radius 2 is 2.10 bits per heavy atom. The number of rotatable bonds is 4. The molecule has 0 amide bonds. The van der Waals surface area contributed by atoms with Crippen molar-refractivity contribution in [2.75, 3.05) is 18.0 Å². The monoisotopic (exact) mass is 271 g/mol. The molecule has 0 aromatic carbocycles. The van der Waals surface area contributed by atoms with E-state index in [4.69, 9.17) is 4.42 Å². The van der Waals surface area contributed by atoms with Crippen LogP contribution in [0.25, 0.3) is 0 Å². The van der Waals surface area contributed by atoms with Crippen molar-refractivity contribution in [2.45, 2.75) is 31.8 Å². The number of nitrogens with one attached hydrogen (secondary N) is 1. The predicted octanol–water partition coefficient (Wildman–Crippen LogP) is 2.99. The summed E-state index contributed by atoms with van der Waals surface area (Å²) in [6.45, 7) is 4.27. The molecule has 4 nitrogen and oxygen atoms in total. The molecule has 0 saturated carbocycles. The molecule has 1 fully saturated rings. The molecule has 0 spiro atoms. The predicted molar refractivity (Wildman–Crippen MR) is 79.7 cm³/mol. The minimum absolute atomic E-state index is 0.274. The van der Waals surface area contributed by atoms with E-state index in [0.717, 1.165) is 37.5 Å². The Morgan fingerprint density at radius 3 is 2.75 bits per heavy atom. The van der Waals surface area contributed by atoms with Crippen LogP contribution >= 0.6 is 0 Å². The molecule has 3 rings (SSSR count). The lowest BCUT2D eigenvalue weighted by Gasteiger charge is -2.34. The maximum atomic E-state index is 5.44. The summed E-state index contributed by atoms with van der Waals surface area (Å²) in [5, 5.41) is 3.65. The largest absolute Gasteiger partial charge is 0.468 e. The van der Waals surface area contributed by atoms with E-state index in [0.29, 0.717) is 6.04 Å². The van der Waals surface area contributed by atoms with E-state index in [1.807, 2.05) is 30.5 Å². The van der Waals surface area contributed by atoms with Crippen LogP contribution in [0.5, 0.6) is 0 Å². The topological polar surface area (TPSA) is 41.3 Å². The molecule has 1 atom stereocenters. The summed E-state index contributed by atoms with van der Waals surface area (Å²) < 4.78 is 5.44. The summed E-state index contributed by atoms with van der Waals surface area (Å²) in [5.41, 5.74) is 0. The smallest absolute Gasteiger partial charge is 0.128 e. The minimum Gasteiger partial charge on any atom is -0.468 e. The molecule has 106 valence electrons. The summed E-state index contributed by atoms with van der Waals surface area (Å²) in [7, 11) is 0. The van der Waals surface area contributed by atoms with Crippen molar-refractivity contribution >= 4 is 5.82 Å². The second-order valence-corrected chi connectivity index (χ2v) is 5.35. The first-order valence-electron chi connectivity index (χ1n) is 7.28. The lowest BCUT2D eigenvalue weighted by molar-refractivity contribution is 0.346. The molecule has 0 radical (unpaired) electrons. The number of piperidine rings is 1. The minimum atomic E-state index is 0.274.